The quantitative estimate of drug-likeness (QED) is 0.447. The van der Waals surface area contributed by atoms with Gasteiger partial charge in [-0.2, -0.15) is 0 Å². The van der Waals surface area contributed by atoms with E-state index in [-0.39, 0.29) is 16.9 Å². The summed E-state index contributed by atoms with van der Waals surface area (Å²) in [6.07, 6.45) is 4.19. The molecule has 20 heavy (non-hydrogen) atoms. The lowest BCUT2D eigenvalue weighted by Gasteiger charge is -2.08. The second-order valence-corrected chi connectivity index (χ2v) is 4.39. The van der Waals surface area contributed by atoms with E-state index in [2.05, 4.69) is 16.2 Å². The third-order valence-corrected chi connectivity index (χ3v) is 2.46. The third-order valence-electron chi connectivity index (χ3n) is 2.26. The third kappa shape index (κ3) is 6.65. The number of benzene rings is 1. The molecule has 0 unspecified atom stereocenters. The van der Waals surface area contributed by atoms with Gasteiger partial charge in [-0.25, -0.2) is 0 Å². The average molecular weight is 291 g/mol. The Morgan fingerprint density at radius 2 is 1.90 bits per heavy atom. The molecule has 2 amide bonds. The second-order valence-electron chi connectivity index (χ2n) is 3.99. The maximum atomic E-state index is 11.6. The van der Waals surface area contributed by atoms with E-state index < -0.39 is 0 Å². The molecule has 0 radical (unpaired) electrons. The normalized spacial score (nSPS) is 10.1. The molecule has 3 N–H and O–H groups in total. The van der Waals surface area contributed by atoms with Crippen molar-refractivity contribution in [3.8, 4) is 0 Å². The minimum Gasteiger partial charge on any atom is -0.298 e. The molecule has 0 heterocycles. The van der Waals surface area contributed by atoms with E-state index in [0.29, 0.717) is 6.42 Å². The summed E-state index contributed by atoms with van der Waals surface area (Å²) >= 11 is 4.87. The van der Waals surface area contributed by atoms with E-state index in [1.807, 2.05) is 37.3 Å². The highest BCUT2D eigenvalue weighted by Gasteiger charge is 2.02. The monoisotopic (exact) mass is 291 g/mol. The summed E-state index contributed by atoms with van der Waals surface area (Å²) in [5, 5.41) is 2.48. The van der Waals surface area contributed by atoms with Crippen LogP contribution in [0.25, 0.3) is 6.08 Å². The van der Waals surface area contributed by atoms with Crippen molar-refractivity contribution in [1.82, 2.24) is 16.2 Å². The fourth-order valence-electron chi connectivity index (χ4n) is 1.34. The molecule has 6 heteroatoms. The van der Waals surface area contributed by atoms with Crippen molar-refractivity contribution < 1.29 is 9.59 Å². The number of carbonyl (C=O) groups excluding carboxylic acids is 2. The van der Waals surface area contributed by atoms with Crippen molar-refractivity contribution >= 4 is 35.2 Å². The van der Waals surface area contributed by atoms with E-state index in [0.717, 1.165) is 12.0 Å². The van der Waals surface area contributed by atoms with Gasteiger partial charge in [0.2, 0.25) is 11.8 Å². The number of carbonyl (C=O) groups is 2. The number of rotatable bonds is 4. The molecule has 1 aromatic carbocycles. The number of nitrogens with one attached hydrogen (secondary N) is 3. The summed E-state index contributed by atoms with van der Waals surface area (Å²) in [7, 11) is 0. The summed E-state index contributed by atoms with van der Waals surface area (Å²) in [6.45, 7) is 1.90. The van der Waals surface area contributed by atoms with Crippen LogP contribution < -0.4 is 16.2 Å². The molecule has 0 saturated heterocycles. The van der Waals surface area contributed by atoms with Crippen LogP contribution in [0.4, 0.5) is 0 Å². The Kier molecular flexibility index (Phi) is 6.99. The minimum atomic E-state index is -0.365. The lowest BCUT2D eigenvalue weighted by molar-refractivity contribution is -0.122. The predicted molar refractivity (Wildman–Crippen MR) is 82.4 cm³/mol. The highest BCUT2D eigenvalue weighted by atomic mass is 32.1. The van der Waals surface area contributed by atoms with E-state index in [1.165, 1.54) is 6.08 Å². The van der Waals surface area contributed by atoms with Gasteiger partial charge in [0.1, 0.15) is 0 Å². The summed E-state index contributed by atoms with van der Waals surface area (Å²) < 4.78 is 0. The van der Waals surface area contributed by atoms with Gasteiger partial charge in [-0.1, -0.05) is 37.3 Å². The lowest BCUT2D eigenvalue weighted by Crippen LogP contribution is -2.48. The fourth-order valence-corrected chi connectivity index (χ4v) is 1.49. The standard InChI is InChI=1S/C14H17N3O2S/c1-2-6-13(19)16-17-14(20)15-12(18)10-9-11-7-4-3-5-8-11/h3-5,7-10H,2,6H2,1H3,(H,16,19)(H2,15,17,18,20)/b10-9+. The number of hydrogen-bond acceptors (Lipinski definition) is 3. The predicted octanol–water partition coefficient (Wildman–Crippen LogP) is 1.52. The van der Waals surface area contributed by atoms with Crippen LogP contribution in [-0.4, -0.2) is 16.9 Å². The number of hydrazine groups is 1. The van der Waals surface area contributed by atoms with Gasteiger partial charge < -0.3 is 0 Å². The molecule has 0 aliphatic heterocycles. The largest absolute Gasteiger partial charge is 0.298 e. The molecule has 0 saturated carbocycles. The molecular weight excluding hydrogens is 274 g/mol. The van der Waals surface area contributed by atoms with E-state index in [9.17, 15) is 9.59 Å². The Labute approximate surface area is 123 Å². The Morgan fingerprint density at radius 1 is 1.20 bits per heavy atom. The number of hydrogen-bond donors (Lipinski definition) is 3. The molecule has 0 aliphatic rings. The van der Waals surface area contributed by atoms with Crippen LogP contribution in [0, 0.1) is 0 Å². The first-order chi connectivity index (χ1) is 9.61. The molecule has 1 aromatic rings. The maximum Gasteiger partial charge on any atom is 0.250 e. The Morgan fingerprint density at radius 3 is 2.55 bits per heavy atom. The minimum absolute atomic E-state index is 0.0529. The van der Waals surface area contributed by atoms with Crippen LogP contribution in [0.2, 0.25) is 0 Å². The Bertz CT molecular complexity index is 500. The van der Waals surface area contributed by atoms with Crippen molar-refractivity contribution in [3.63, 3.8) is 0 Å². The van der Waals surface area contributed by atoms with Gasteiger partial charge in [0.05, 0.1) is 0 Å². The topological polar surface area (TPSA) is 70.2 Å². The van der Waals surface area contributed by atoms with Gasteiger partial charge in [-0.15, -0.1) is 0 Å². The average Bonchev–Trinajstić information content (AvgIpc) is 2.44. The first kappa shape index (κ1) is 15.8. The van der Waals surface area contributed by atoms with Gasteiger partial charge in [0.15, 0.2) is 5.11 Å². The molecule has 0 bridgehead atoms. The van der Waals surface area contributed by atoms with Crippen LogP contribution in [0.3, 0.4) is 0 Å². The lowest BCUT2D eigenvalue weighted by atomic mass is 10.2. The summed E-state index contributed by atoms with van der Waals surface area (Å²) in [5.74, 6) is -0.542. The van der Waals surface area contributed by atoms with Crippen LogP contribution in [0.5, 0.6) is 0 Å². The number of thiocarbonyl (C=S) groups is 1. The van der Waals surface area contributed by atoms with Crippen LogP contribution in [0.1, 0.15) is 25.3 Å². The summed E-state index contributed by atoms with van der Waals surface area (Å²) in [4.78, 5) is 22.7. The van der Waals surface area contributed by atoms with Crippen molar-refractivity contribution in [2.24, 2.45) is 0 Å². The first-order valence-electron chi connectivity index (χ1n) is 6.24. The SMILES string of the molecule is CCCC(=O)NNC(=S)NC(=O)/C=C/c1ccccc1. The summed E-state index contributed by atoms with van der Waals surface area (Å²) in [5.41, 5.74) is 5.77. The summed E-state index contributed by atoms with van der Waals surface area (Å²) in [6, 6.07) is 9.42. The molecule has 106 valence electrons. The second kappa shape index (κ2) is 8.82. The molecule has 0 atom stereocenters. The molecule has 1 rings (SSSR count). The van der Waals surface area contributed by atoms with Crippen molar-refractivity contribution in [2.75, 3.05) is 0 Å². The zero-order valence-electron chi connectivity index (χ0n) is 11.2. The van der Waals surface area contributed by atoms with E-state index >= 15 is 0 Å². The Hall–Kier alpha value is -2.21. The highest BCUT2D eigenvalue weighted by Crippen LogP contribution is 2.00. The maximum absolute atomic E-state index is 11.6. The molecule has 0 spiro atoms. The zero-order chi connectivity index (χ0) is 14.8. The van der Waals surface area contributed by atoms with Gasteiger partial charge >= 0.3 is 0 Å². The van der Waals surface area contributed by atoms with E-state index in [1.54, 1.807) is 6.08 Å². The molecule has 0 fully saturated rings. The van der Waals surface area contributed by atoms with Crippen molar-refractivity contribution in [2.45, 2.75) is 19.8 Å². The van der Waals surface area contributed by atoms with Gasteiger partial charge in [-0.05, 0) is 30.3 Å². The first-order valence-corrected chi connectivity index (χ1v) is 6.65. The smallest absolute Gasteiger partial charge is 0.250 e. The highest BCUT2D eigenvalue weighted by molar-refractivity contribution is 7.80. The van der Waals surface area contributed by atoms with Crippen molar-refractivity contribution in [3.05, 3.63) is 42.0 Å². The van der Waals surface area contributed by atoms with Crippen LogP contribution >= 0.6 is 12.2 Å². The molecule has 0 aromatic heterocycles. The van der Waals surface area contributed by atoms with Crippen LogP contribution in [-0.2, 0) is 9.59 Å². The molecular formula is C14H17N3O2S. The Balaban J connectivity index is 2.33. The van der Waals surface area contributed by atoms with E-state index in [4.69, 9.17) is 12.2 Å². The van der Waals surface area contributed by atoms with Gasteiger partial charge in [-0.3, -0.25) is 25.8 Å². The van der Waals surface area contributed by atoms with Crippen LogP contribution in [0.15, 0.2) is 36.4 Å². The van der Waals surface area contributed by atoms with Gasteiger partial charge in [0, 0.05) is 12.5 Å². The fraction of sp³-hybridized carbons (Fsp3) is 0.214. The zero-order valence-corrected chi connectivity index (χ0v) is 12.0. The molecule has 5 nitrogen and oxygen atoms in total. The van der Waals surface area contributed by atoms with Gasteiger partial charge in [0.25, 0.3) is 0 Å². The number of amides is 2. The molecule has 0 aliphatic carbocycles. The van der Waals surface area contributed by atoms with Crippen molar-refractivity contribution in [1.29, 1.82) is 0 Å².